The number of ether oxygens (including phenoxy) is 1. The lowest BCUT2D eigenvalue weighted by atomic mass is 10.0. The first-order chi connectivity index (χ1) is 7.06. The highest BCUT2D eigenvalue weighted by atomic mass is 16.5. The van der Waals surface area contributed by atoms with Gasteiger partial charge in [0.25, 0.3) is 0 Å². The van der Waals surface area contributed by atoms with E-state index in [0.717, 1.165) is 6.42 Å². The Balaban J connectivity index is 4.34. The van der Waals surface area contributed by atoms with Gasteiger partial charge in [0.15, 0.2) is 5.84 Å². The molecule has 0 aromatic carbocycles. The summed E-state index contributed by atoms with van der Waals surface area (Å²) in [5.74, 6) is 0.657. The van der Waals surface area contributed by atoms with Gasteiger partial charge in [0, 0.05) is 13.2 Å². The zero-order chi connectivity index (χ0) is 11.8. The summed E-state index contributed by atoms with van der Waals surface area (Å²) in [5, 5.41) is 14.9. The lowest BCUT2D eigenvalue weighted by molar-refractivity contribution is 0.144. The fourth-order valence-electron chi connectivity index (χ4n) is 1.35. The van der Waals surface area contributed by atoms with E-state index in [-0.39, 0.29) is 17.9 Å². The normalized spacial score (nSPS) is 16.7. The van der Waals surface area contributed by atoms with Gasteiger partial charge in [-0.25, -0.2) is 0 Å². The van der Waals surface area contributed by atoms with E-state index >= 15 is 0 Å². The van der Waals surface area contributed by atoms with Gasteiger partial charge in [0.2, 0.25) is 0 Å². The molecule has 0 aliphatic heterocycles. The number of hydrogen-bond donors (Lipinski definition) is 3. The van der Waals surface area contributed by atoms with Crippen molar-refractivity contribution >= 4 is 5.84 Å². The van der Waals surface area contributed by atoms with Gasteiger partial charge in [-0.05, 0) is 12.3 Å². The summed E-state index contributed by atoms with van der Waals surface area (Å²) < 4.78 is 5.12. The van der Waals surface area contributed by atoms with E-state index < -0.39 is 0 Å². The zero-order valence-corrected chi connectivity index (χ0v) is 10.0. The van der Waals surface area contributed by atoms with E-state index in [0.29, 0.717) is 12.5 Å². The number of amidine groups is 1. The first-order valence-electron chi connectivity index (χ1n) is 5.29. The molecule has 5 nitrogen and oxygen atoms in total. The first kappa shape index (κ1) is 14.2. The van der Waals surface area contributed by atoms with E-state index in [2.05, 4.69) is 24.3 Å². The van der Waals surface area contributed by atoms with Crippen LogP contribution in [0.1, 0.15) is 27.2 Å². The molecule has 0 spiro atoms. The smallest absolute Gasteiger partial charge is 0.156 e. The Morgan fingerprint density at radius 3 is 2.47 bits per heavy atom. The van der Waals surface area contributed by atoms with Crippen molar-refractivity contribution in [2.75, 3.05) is 13.7 Å². The summed E-state index contributed by atoms with van der Waals surface area (Å²) >= 11 is 0. The topological polar surface area (TPSA) is 79.9 Å². The van der Waals surface area contributed by atoms with Crippen molar-refractivity contribution in [1.29, 1.82) is 0 Å². The van der Waals surface area contributed by atoms with Crippen LogP contribution in [0.5, 0.6) is 0 Å². The Morgan fingerprint density at radius 2 is 2.13 bits per heavy atom. The van der Waals surface area contributed by atoms with Crippen LogP contribution in [0, 0.1) is 5.92 Å². The van der Waals surface area contributed by atoms with Crippen LogP contribution in [-0.4, -0.2) is 36.8 Å². The minimum atomic E-state index is -0.0995. The third kappa shape index (κ3) is 4.99. The molecule has 0 amide bonds. The molecule has 0 rings (SSSR count). The van der Waals surface area contributed by atoms with Gasteiger partial charge in [-0.1, -0.05) is 25.9 Å². The SMILES string of the molecule is CCC(NC(COC)C(C)C)C(N)=NO. The molecule has 0 aliphatic carbocycles. The Bertz CT molecular complexity index is 195. The maximum atomic E-state index is 8.61. The largest absolute Gasteiger partial charge is 0.409 e. The molecule has 4 N–H and O–H groups in total. The molecule has 15 heavy (non-hydrogen) atoms. The standard InChI is InChI=1S/C10H23N3O2/c1-5-8(10(11)13-14)12-9(6-15-4)7(2)3/h7-9,12,14H,5-6H2,1-4H3,(H2,11,13). The molecule has 0 fully saturated rings. The Morgan fingerprint density at radius 1 is 1.53 bits per heavy atom. The summed E-state index contributed by atoms with van der Waals surface area (Å²) in [6.45, 7) is 6.82. The Labute approximate surface area is 91.7 Å². The van der Waals surface area contributed by atoms with Crippen LogP contribution < -0.4 is 11.1 Å². The second-order valence-corrected chi connectivity index (χ2v) is 3.96. The van der Waals surface area contributed by atoms with E-state index in [9.17, 15) is 0 Å². The van der Waals surface area contributed by atoms with Crippen LogP contribution in [0.4, 0.5) is 0 Å². The second kappa shape index (κ2) is 7.48. The molecule has 90 valence electrons. The predicted octanol–water partition coefficient (Wildman–Crippen LogP) is 0.772. The monoisotopic (exact) mass is 217 g/mol. The molecule has 5 heteroatoms. The molecule has 0 radical (unpaired) electrons. The van der Waals surface area contributed by atoms with Crippen LogP contribution in [-0.2, 0) is 4.74 Å². The van der Waals surface area contributed by atoms with E-state index in [1.807, 2.05) is 6.92 Å². The summed E-state index contributed by atoms with van der Waals surface area (Å²) in [5.41, 5.74) is 5.57. The van der Waals surface area contributed by atoms with Gasteiger partial charge in [-0.3, -0.25) is 0 Å². The molecule has 0 saturated heterocycles. The lowest BCUT2D eigenvalue weighted by Crippen LogP contribution is -2.49. The highest BCUT2D eigenvalue weighted by Gasteiger charge is 2.19. The number of oxime groups is 1. The van der Waals surface area contributed by atoms with Gasteiger partial charge in [-0.2, -0.15) is 0 Å². The quantitative estimate of drug-likeness (QED) is 0.255. The molecule has 0 aromatic heterocycles. The van der Waals surface area contributed by atoms with E-state index in [1.165, 1.54) is 0 Å². The molecular weight excluding hydrogens is 194 g/mol. The Kier molecular flexibility index (Phi) is 7.07. The van der Waals surface area contributed by atoms with Crippen molar-refractivity contribution < 1.29 is 9.94 Å². The highest BCUT2D eigenvalue weighted by molar-refractivity contribution is 5.85. The number of rotatable bonds is 7. The maximum absolute atomic E-state index is 8.61. The van der Waals surface area contributed by atoms with Crippen LogP contribution in [0.15, 0.2) is 5.16 Å². The van der Waals surface area contributed by atoms with Crippen molar-refractivity contribution in [3.63, 3.8) is 0 Å². The van der Waals surface area contributed by atoms with E-state index in [1.54, 1.807) is 7.11 Å². The van der Waals surface area contributed by atoms with Crippen LogP contribution in [0.2, 0.25) is 0 Å². The molecular formula is C10H23N3O2. The minimum Gasteiger partial charge on any atom is -0.409 e. The number of nitrogens with two attached hydrogens (primary N) is 1. The van der Waals surface area contributed by atoms with Crippen molar-refractivity contribution in [2.24, 2.45) is 16.8 Å². The molecule has 2 unspecified atom stereocenters. The van der Waals surface area contributed by atoms with Gasteiger partial charge in [0.05, 0.1) is 12.6 Å². The van der Waals surface area contributed by atoms with E-state index in [4.69, 9.17) is 15.7 Å². The Hall–Kier alpha value is -0.810. The van der Waals surface area contributed by atoms with Gasteiger partial charge in [-0.15, -0.1) is 0 Å². The first-order valence-corrected chi connectivity index (χ1v) is 5.29. The number of nitrogens with zero attached hydrogens (tertiary/aromatic N) is 1. The molecule has 0 aliphatic rings. The number of methoxy groups -OCH3 is 1. The zero-order valence-electron chi connectivity index (χ0n) is 10.0. The number of hydrogen-bond acceptors (Lipinski definition) is 4. The summed E-state index contributed by atoms with van der Waals surface area (Å²) in [6, 6.07) is 0.109. The lowest BCUT2D eigenvalue weighted by Gasteiger charge is -2.26. The van der Waals surface area contributed by atoms with Crippen LogP contribution in [0.3, 0.4) is 0 Å². The second-order valence-electron chi connectivity index (χ2n) is 3.96. The fraction of sp³-hybridized carbons (Fsp3) is 0.900. The third-order valence-electron chi connectivity index (χ3n) is 2.45. The average Bonchev–Trinajstić information content (AvgIpc) is 2.22. The predicted molar refractivity (Wildman–Crippen MR) is 61.1 cm³/mol. The van der Waals surface area contributed by atoms with Crippen molar-refractivity contribution in [1.82, 2.24) is 5.32 Å². The average molecular weight is 217 g/mol. The number of nitrogens with one attached hydrogen (secondary N) is 1. The molecule has 2 atom stereocenters. The van der Waals surface area contributed by atoms with Crippen LogP contribution >= 0.6 is 0 Å². The summed E-state index contributed by atoms with van der Waals surface area (Å²) in [4.78, 5) is 0. The molecule has 0 heterocycles. The fourth-order valence-corrected chi connectivity index (χ4v) is 1.35. The minimum absolute atomic E-state index is 0.0995. The summed E-state index contributed by atoms with van der Waals surface area (Å²) in [7, 11) is 1.67. The van der Waals surface area contributed by atoms with Crippen molar-refractivity contribution in [3.8, 4) is 0 Å². The third-order valence-corrected chi connectivity index (χ3v) is 2.45. The van der Waals surface area contributed by atoms with Gasteiger partial charge >= 0.3 is 0 Å². The summed E-state index contributed by atoms with van der Waals surface area (Å²) in [6.07, 6.45) is 0.781. The highest BCUT2D eigenvalue weighted by Crippen LogP contribution is 2.05. The van der Waals surface area contributed by atoms with Crippen molar-refractivity contribution in [2.45, 2.75) is 39.3 Å². The van der Waals surface area contributed by atoms with Gasteiger partial charge in [0.1, 0.15) is 0 Å². The van der Waals surface area contributed by atoms with Crippen LogP contribution in [0.25, 0.3) is 0 Å². The molecule has 0 bridgehead atoms. The molecule has 0 aromatic rings. The maximum Gasteiger partial charge on any atom is 0.156 e. The molecule has 0 saturated carbocycles. The van der Waals surface area contributed by atoms with Gasteiger partial charge < -0.3 is 21.0 Å². The van der Waals surface area contributed by atoms with Crippen molar-refractivity contribution in [3.05, 3.63) is 0 Å².